The van der Waals surface area contributed by atoms with Gasteiger partial charge in [0.15, 0.2) is 0 Å². The van der Waals surface area contributed by atoms with Gasteiger partial charge in [-0.1, -0.05) is 6.42 Å². The zero-order valence-electron chi connectivity index (χ0n) is 7.75. The van der Waals surface area contributed by atoms with Crippen LogP contribution in [0.25, 0.3) is 0 Å². The van der Waals surface area contributed by atoms with Gasteiger partial charge in [-0.15, -0.1) is 0 Å². The van der Waals surface area contributed by atoms with Gasteiger partial charge in [0.05, 0.1) is 0 Å². The molecule has 1 rings (SSSR count). The number of likely N-dealkylation sites (tertiary alicyclic amines) is 1. The number of hydrogen-bond donors (Lipinski definition) is 1. The van der Waals surface area contributed by atoms with Crippen molar-refractivity contribution in [2.24, 2.45) is 5.73 Å². The Morgan fingerprint density at radius 1 is 1.50 bits per heavy atom. The van der Waals surface area contributed by atoms with Crippen LogP contribution >= 0.6 is 0 Å². The summed E-state index contributed by atoms with van der Waals surface area (Å²) >= 11 is 0. The quantitative estimate of drug-likeness (QED) is 0.664. The second-order valence-electron chi connectivity index (χ2n) is 3.63. The van der Waals surface area contributed by atoms with Crippen LogP contribution in [0.5, 0.6) is 0 Å². The minimum atomic E-state index is 0.104. The number of nitrogens with two attached hydrogens (primary N) is 1. The Kier molecular flexibility index (Phi) is 3.53. The summed E-state index contributed by atoms with van der Waals surface area (Å²) in [6.45, 7) is 3.57. The minimum absolute atomic E-state index is 0.104. The first-order valence-electron chi connectivity index (χ1n) is 4.73. The smallest absolute Gasteiger partial charge is 0.222 e. The van der Waals surface area contributed by atoms with Crippen LogP contribution in [-0.4, -0.2) is 29.9 Å². The van der Waals surface area contributed by atoms with Crippen molar-refractivity contribution in [2.45, 2.75) is 38.6 Å². The molecule has 3 heteroatoms. The maximum atomic E-state index is 11.4. The van der Waals surface area contributed by atoms with Crippen LogP contribution in [0.3, 0.4) is 0 Å². The molecule has 0 aromatic heterocycles. The fourth-order valence-corrected chi connectivity index (χ4v) is 1.58. The predicted molar refractivity (Wildman–Crippen MR) is 48.7 cm³/mol. The third kappa shape index (κ3) is 2.81. The zero-order chi connectivity index (χ0) is 8.97. The number of hydrogen-bond acceptors (Lipinski definition) is 2. The van der Waals surface area contributed by atoms with E-state index in [0.29, 0.717) is 6.42 Å². The standard InChI is InChI=1S/C9H18N2O/c1-8(10)7-11-6-4-2-3-5-9(11)12/h8H,2-7,10H2,1H3. The summed E-state index contributed by atoms with van der Waals surface area (Å²) in [6.07, 6.45) is 4.08. The van der Waals surface area contributed by atoms with Crippen LogP contribution in [0.15, 0.2) is 0 Å². The monoisotopic (exact) mass is 170 g/mol. The van der Waals surface area contributed by atoms with E-state index in [0.717, 1.165) is 25.9 Å². The Morgan fingerprint density at radius 3 is 2.92 bits per heavy atom. The molecule has 0 bridgehead atoms. The van der Waals surface area contributed by atoms with Crippen molar-refractivity contribution in [1.82, 2.24) is 4.90 Å². The van der Waals surface area contributed by atoms with E-state index in [-0.39, 0.29) is 11.9 Å². The van der Waals surface area contributed by atoms with Crippen LogP contribution in [0.1, 0.15) is 32.6 Å². The fourth-order valence-electron chi connectivity index (χ4n) is 1.58. The molecule has 3 nitrogen and oxygen atoms in total. The van der Waals surface area contributed by atoms with Gasteiger partial charge in [-0.25, -0.2) is 0 Å². The van der Waals surface area contributed by atoms with Gasteiger partial charge < -0.3 is 10.6 Å². The van der Waals surface area contributed by atoms with E-state index < -0.39 is 0 Å². The van der Waals surface area contributed by atoms with Crippen molar-refractivity contribution in [3.63, 3.8) is 0 Å². The largest absolute Gasteiger partial charge is 0.341 e. The molecule has 1 fully saturated rings. The van der Waals surface area contributed by atoms with Crippen molar-refractivity contribution < 1.29 is 4.79 Å². The summed E-state index contributed by atoms with van der Waals surface area (Å²) in [4.78, 5) is 13.3. The van der Waals surface area contributed by atoms with Crippen molar-refractivity contribution in [3.05, 3.63) is 0 Å². The Morgan fingerprint density at radius 2 is 2.25 bits per heavy atom. The number of rotatable bonds is 2. The minimum Gasteiger partial charge on any atom is -0.341 e. The predicted octanol–water partition coefficient (Wildman–Crippen LogP) is 0.736. The Hall–Kier alpha value is -0.570. The molecule has 0 aliphatic carbocycles. The van der Waals surface area contributed by atoms with Gasteiger partial charge >= 0.3 is 0 Å². The van der Waals surface area contributed by atoms with Gasteiger partial charge in [0.1, 0.15) is 0 Å². The lowest BCUT2D eigenvalue weighted by Gasteiger charge is -2.22. The van der Waals surface area contributed by atoms with Crippen molar-refractivity contribution >= 4 is 5.91 Å². The second-order valence-corrected chi connectivity index (χ2v) is 3.63. The lowest BCUT2D eigenvalue weighted by atomic mass is 10.2. The third-order valence-electron chi connectivity index (χ3n) is 2.18. The van der Waals surface area contributed by atoms with E-state index >= 15 is 0 Å². The summed E-state index contributed by atoms with van der Waals surface area (Å²) < 4.78 is 0. The first kappa shape index (κ1) is 9.52. The van der Waals surface area contributed by atoms with Crippen LogP contribution in [0.2, 0.25) is 0 Å². The Balaban J connectivity index is 2.42. The molecular weight excluding hydrogens is 152 g/mol. The Bertz CT molecular complexity index is 157. The highest BCUT2D eigenvalue weighted by Gasteiger charge is 2.16. The van der Waals surface area contributed by atoms with Gasteiger partial charge in [-0.05, 0) is 19.8 Å². The molecule has 2 N–H and O–H groups in total. The van der Waals surface area contributed by atoms with Crippen LogP contribution in [-0.2, 0) is 4.79 Å². The average Bonchev–Trinajstić information content (AvgIpc) is 2.16. The summed E-state index contributed by atoms with van der Waals surface area (Å²) in [7, 11) is 0. The summed E-state index contributed by atoms with van der Waals surface area (Å²) in [6, 6.07) is 0.104. The molecule has 1 aliphatic heterocycles. The molecule has 1 aliphatic rings. The van der Waals surface area contributed by atoms with Crippen LogP contribution < -0.4 is 5.73 Å². The van der Waals surface area contributed by atoms with E-state index in [1.54, 1.807) is 0 Å². The van der Waals surface area contributed by atoms with Gasteiger partial charge in [-0.3, -0.25) is 4.79 Å². The topological polar surface area (TPSA) is 46.3 Å². The molecule has 0 aromatic rings. The van der Waals surface area contributed by atoms with Gasteiger partial charge in [0, 0.05) is 25.6 Å². The highest BCUT2D eigenvalue weighted by atomic mass is 16.2. The average molecular weight is 170 g/mol. The molecule has 70 valence electrons. The summed E-state index contributed by atoms with van der Waals surface area (Å²) in [5.74, 6) is 0.282. The highest BCUT2D eigenvalue weighted by molar-refractivity contribution is 5.76. The van der Waals surface area contributed by atoms with Crippen LogP contribution in [0, 0.1) is 0 Å². The van der Waals surface area contributed by atoms with E-state index in [9.17, 15) is 4.79 Å². The van der Waals surface area contributed by atoms with Crippen LogP contribution in [0.4, 0.5) is 0 Å². The van der Waals surface area contributed by atoms with Gasteiger partial charge in [0.25, 0.3) is 0 Å². The molecule has 0 aromatic carbocycles. The lowest BCUT2D eigenvalue weighted by Crippen LogP contribution is -2.39. The second kappa shape index (κ2) is 4.45. The molecule has 1 amide bonds. The van der Waals surface area contributed by atoms with E-state index in [1.807, 2.05) is 11.8 Å². The number of amides is 1. The fraction of sp³-hybridized carbons (Fsp3) is 0.889. The molecule has 0 radical (unpaired) electrons. The van der Waals surface area contributed by atoms with Gasteiger partial charge in [-0.2, -0.15) is 0 Å². The highest BCUT2D eigenvalue weighted by Crippen LogP contribution is 2.10. The molecular formula is C9H18N2O. The molecule has 1 atom stereocenters. The van der Waals surface area contributed by atoms with E-state index in [1.165, 1.54) is 6.42 Å². The van der Waals surface area contributed by atoms with Crippen molar-refractivity contribution in [3.8, 4) is 0 Å². The number of carbonyl (C=O) groups is 1. The van der Waals surface area contributed by atoms with Gasteiger partial charge in [0.2, 0.25) is 5.91 Å². The van der Waals surface area contributed by atoms with E-state index in [4.69, 9.17) is 5.73 Å². The maximum Gasteiger partial charge on any atom is 0.222 e. The SMILES string of the molecule is CC(N)CN1CCCCCC1=O. The molecule has 1 unspecified atom stereocenters. The number of carbonyl (C=O) groups excluding carboxylic acids is 1. The summed E-state index contributed by atoms with van der Waals surface area (Å²) in [5.41, 5.74) is 5.64. The molecule has 0 saturated carbocycles. The van der Waals surface area contributed by atoms with E-state index in [2.05, 4.69) is 0 Å². The molecule has 12 heavy (non-hydrogen) atoms. The first-order valence-corrected chi connectivity index (χ1v) is 4.73. The molecule has 0 spiro atoms. The molecule has 1 saturated heterocycles. The zero-order valence-corrected chi connectivity index (χ0v) is 7.75. The van der Waals surface area contributed by atoms with Crippen molar-refractivity contribution in [2.75, 3.05) is 13.1 Å². The molecule has 1 heterocycles. The first-order chi connectivity index (χ1) is 5.70. The number of nitrogens with zero attached hydrogens (tertiary/aromatic N) is 1. The Labute approximate surface area is 73.9 Å². The normalized spacial score (nSPS) is 22.2. The third-order valence-corrected chi connectivity index (χ3v) is 2.18. The summed E-state index contributed by atoms with van der Waals surface area (Å²) in [5, 5.41) is 0. The van der Waals surface area contributed by atoms with Crippen molar-refractivity contribution in [1.29, 1.82) is 0 Å². The maximum absolute atomic E-state index is 11.4. The lowest BCUT2D eigenvalue weighted by molar-refractivity contribution is -0.130.